The van der Waals surface area contributed by atoms with E-state index >= 15 is 0 Å². The van der Waals surface area contributed by atoms with Crippen molar-refractivity contribution in [2.24, 2.45) is 0 Å². The predicted octanol–water partition coefficient (Wildman–Crippen LogP) is 0.721. The van der Waals surface area contributed by atoms with Gasteiger partial charge in [-0.2, -0.15) is 5.10 Å². The number of rotatable bonds is 2. The summed E-state index contributed by atoms with van der Waals surface area (Å²) in [7, 11) is 0. The van der Waals surface area contributed by atoms with Gasteiger partial charge in [-0.15, -0.1) is 0 Å². The number of nitrogens with zero attached hydrogens (tertiary/aromatic N) is 2. The number of nitrogen functional groups attached to an aromatic ring is 1. The van der Waals surface area contributed by atoms with Crippen molar-refractivity contribution in [3.63, 3.8) is 0 Å². The molecule has 0 radical (unpaired) electrons. The highest BCUT2D eigenvalue weighted by molar-refractivity contribution is 6.43. The van der Waals surface area contributed by atoms with E-state index in [4.69, 9.17) is 28.9 Å². The van der Waals surface area contributed by atoms with E-state index in [2.05, 4.69) is 5.10 Å². The molecule has 0 atom stereocenters. The molecule has 76 valence electrons. The maximum Gasteiger partial charge on any atom is 0.287 e. The van der Waals surface area contributed by atoms with Gasteiger partial charge in [-0.3, -0.25) is 9.59 Å². The van der Waals surface area contributed by atoms with E-state index in [0.717, 1.165) is 4.68 Å². The monoisotopic (exact) mass is 235 g/mol. The lowest BCUT2D eigenvalue weighted by molar-refractivity contribution is -0.117. The van der Waals surface area contributed by atoms with Gasteiger partial charge >= 0.3 is 0 Å². The summed E-state index contributed by atoms with van der Waals surface area (Å²) in [6.07, 6.45) is 0. The Bertz CT molecular complexity index is 441. The van der Waals surface area contributed by atoms with Crippen molar-refractivity contribution in [3.05, 3.63) is 20.4 Å². The molecule has 2 N–H and O–H groups in total. The van der Waals surface area contributed by atoms with E-state index < -0.39 is 5.56 Å². The van der Waals surface area contributed by atoms with E-state index in [0.29, 0.717) is 0 Å². The summed E-state index contributed by atoms with van der Waals surface area (Å²) in [6.45, 7) is 1.16. The van der Waals surface area contributed by atoms with Crippen molar-refractivity contribution in [2.45, 2.75) is 13.5 Å². The van der Waals surface area contributed by atoms with Crippen LogP contribution in [-0.4, -0.2) is 15.6 Å². The summed E-state index contributed by atoms with van der Waals surface area (Å²) >= 11 is 11.1. The minimum Gasteiger partial charge on any atom is -0.381 e. The first kappa shape index (κ1) is 11.0. The van der Waals surface area contributed by atoms with Gasteiger partial charge in [-0.1, -0.05) is 23.2 Å². The highest BCUT2D eigenvalue weighted by Crippen LogP contribution is 2.21. The molecule has 0 fully saturated rings. The Hall–Kier alpha value is -1.07. The standard InChI is InChI=1S/C7H7Cl2N3O2/c1-3(13)2-12-7(14)5(9)4(8)6(10)11-12/h2H2,1H3,(H2,10,11). The zero-order valence-electron chi connectivity index (χ0n) is 7.25. The Labute approximate surface area is 89.4 Å². The van der Waals surface area contributed by atoms with Crippen LogP contribution in [0.15, 0.2) is 4.79 Å². The number of carbonyl (C=O) groups is 1. The molecule has 7 heteroatoms. The number of ketones is 1. The summed E-state index contributed by atoms with van der Waals surface area (Å²) in [6, 6.07) is 0. The van der Waals surface area contributed by atoms with Crippen molar-refractivity contribution in [1.82, 2.24) is 9.78 Å². The van der Waals surface area contributed by atoms with Crippen LogP contribution in [0.25, 0.3) is 0 Å². The molecular weight excluding hydrogens is 229 g/mol. The van der Waals surface area contributed by atoms with Crippen LogP contribution < -0.4 is 11.3 Å². The van der Waals surface area contributed by atoms with E-state index in [1.54, 1.807) is 0 Å². The molecule has 1 aromatic heterocycles. The normalized spacial score (nSPS) is 10.2. The molecule has 1 heterocycles. The molecule has 0 aromatic carbocycles. The predicted molar refractivity (Wildman–Crippen MR) is 53.6 cm³/mol. The summed E-state index contributed by atoms with van der Waals surface area (Å²) < 4.78 is 0.881. The molecule has 0 saturated carbocycles. The zero-order valence-corrected chi connectivity index (χ0v) is 8.76. The summed E-state index contributed by atoms with van der Waals surface area (Å²) in [5, 5.41) is 3.31. The van der Waals surface area contributed by atoms with Gasteiger partial charge in [0, 0.05) is 0 Å². The molecule has 0 aliphatic rings. The van der Waals surface area contributed by atoms with Crippen molar-refractivity contribution < 1.29 is 4.79 Å². The van der Waals surface area contributed by atoms with Gasteiger partial charge in [-0.05, 0) is 6.92 Å². The molecule has 14 heavy (non-hydrogen) atoms. The average molecular weight is 236 g/mol. The second-order valence-electron chi connectivity index (χ2n) is 2.68. The lowest BCUT2D eigenvalue weighted by atomic mass is 10.4. The fourth-order valence-electron chi connectivity index (χ4n) is 0.857. The Morgan fingerprint density at radius 1 is 1.50 bits per heavy atom. The van der Waals surface area contributed by atoms with Gasteiger partial charge in [0.15, 0.2) is 11.6 Å². The maximum atomic E-state index is 11.4. The number of aromatic nitrogens is 2. The molecule has 0 aliphatic carbocycles. The molecule has 0 spiro atoms. The number of hydrogen-bond acceptors (Lipinski definition) is 4. The summed E-state index contributed by atoms with van der Waals surface area (Å²) in [4.78, 5) is 22.1. The van der Waals surface area contributed by atoms with Crippen molar-refractivity contribution in [2.75, 3.05) is 5.73 Å². The van der Waals surface area contributed by atoms with Gasteiger partial charge in [0.1, 0.15) is 16.6 Å². The number of carbonyl (C=O) groups excluding carboxylic acids is 1. The van der Waals surface area contributed by atoms with Crippen LogP contribution in [0.1, 0.15) is 6.92 Å². The second kappa shape index (κ2) is 3.98. The molecule has 0 unspecified atom stereocenters. The Balaban J connectivity index is 3.33. The first-order chi connectivity index (χ1) is 6.43. The summed E-state index contributed by atoms with van der Waals surface area (Å²) in [5.74, 6) is -0.296. The Kier molecular flexibility index (Phi) is 3.13. The van der Waals surface area contributed by atoms with Crippen LogP contribution in [0.5, 0.6) is 0 Å². The van der Waals surface area contributed by atoms with Crippen LogP contribution in [0.3, 0.4) is 0 Å². The Morgan fingerprint density at radius 2 is 2.07 bits per heavy atom. The minimum absolute atomic E-state index is 0.0717. The average Bonchev–Trinajstić information content (AvgIpc) is 2.10. The van der Waals surface area contributed by atoms with Crippen LogP contribution in [-0.2, 0) is 11.3 Å². The number of hydrogen-bond donors (Lipinski definition) is 1. The number of anilines is 1. The fourth-order valence-corrected chi connectivity index (χ4v) is 1.17. The van der Waals surface area contributed by atoms with Crippen molar-refractivity contribution in [3.8, 4) is 0 Å². The summed E-state index contributed by atoms with van der Waals surface area (Å²) in [5.41, 5.74) is 4.74. The quantitative estimate of drug-likeness (QED) is 0.820. The molecule has 1 rings (SSSR count). The third-order valence-electron chi connectivity index (χ3n) is 1.44. The lowest BCUT2D eigenvalue weighted by Crippen LogP contribution is -2.27. The van der Waals surface area contributed by atoms with E-state index in [-0.39, 0.29) is 28.2 Å². The van der Waals surface area contributed by atoms with E-state index in [1.807, 2.05) is 0 Å². The van der Waals surface area contributed by atoms with Crippen LogP contribution in [0.2, 0.25) is 10.0 Å². The van der Waals surface area contributed by atoms with Crippen LogP contribution >= 0.6 is 23.2 Å². The number of halogens is 2. The zero-order chi connectivity index (χ0) is 10.9. The van der Waals surface area contributed by atoms with E-state index in [1.165, 1.54) is 6.92 Å². The molecule has 5 nitrogen and oxygen atoms in total. The largest absolute Gasteiger partial charge is 0.381 e. The molecule has 0 saturated heterocycles. The SMILES string of the molecule is CC(=O)Cn1nc(N)c(Cl)c(Cl)c1=O. The van der Waals surface area contributed by atoms with Crippen molar-refractivity contribution >= 4 is 34.8 Å². The molecule has 0 amide bonds. The minimum atomic E-state index is -0.624. The van der Waals surface area contributed by atoms with Gasteiger partial charge in [0.2, 0.25) is 0 Å². The van der Waals surface area contributed by atoms with Gasteiger partial charge in [0.05, 0.1) is 0 Å². The molecule has 1 aromatic rings. The number of nitrogens with two attached hydrogens (primary N) is 1. The smallest absolute Gasteiger partial charge is 0.287 e. The molecule has 0 bridgehead atoms. The first-order valence-electron chi connectivity index (χ1n) is 3.64. The lowest BCUT2D eigenvalue weighted by Gasteiger charge is -2.05. The topological polar surface area (TPSA) is 78.0 Å². The molecule has 0 aliphatic heterocycles. The van der Waals surface area contributed by atoms with E-state index in [9.17, 15) is 9.59 Å². The molecular formula is C7H7Cl2N3O2. The van der Waals surface area contributed by atoms with Gasteiger partial charge < -0.3 is 5.73 Å². The van der Waals surface area contributed by atoms with Gasteiger partial charge in [0.25, 0.3) is 5.56 Å². The highest BCUT2D eigenvalue weighted by Gasteiger charge is 2.12. The van der Waals surface area contributed by atoms with Gasteiger partial charge in [-0.25, -0.2) is 4.68 Å². The third kappa shape index (κ3) is 2.05. The Morgan fingerprint density at radius 3 is 2.57 bits per heavy atom. The second-order valence-corrected chi connectivity index (χ2v) is 3.43. The van der Waals surface area contributed by atoms with Crippen molar-refractivity contribution in [1.29, 1.82) is 0 Å². The maximum absolute atomic E-state index is 11.4. The highest BCUT2D eigenvalue weighted by atomic mass is 35.5. The number of Topliss-reactive ketones (excluding diaryl/α,β-unsaturated/α-hetero) is 1. The fraction of sp³-hybridized carbons (Fsp3) is 0.286. The van der Waals surface area contributed by atoms with Crippen LogP contribution in [0, 0.1) is 0 Å². The van der Waals surface area contributed by atoms with Crippen LogP contribution in [0.4, 0.5) is 5.82 Å². The third-order valence-corrected chi connectivity index (χ3v) is 2.27. The first-order valence-corrected chi connectivity index (χ1v) is 4.40.